The second-order valence-electron chi connectivity index (χ2n) is 22.5. The number of aromatic amines is 1. The van der Waals surface area contributed by atoms with E-state index in [2.05, 4.69) is 47.1 Å². The number of hydrogen-bond acceptors (Lipinski definition) is 14. The number of nitrogens with one attached hydrogen (secondary N) is 4. The number of amides is 1. The highest BCUT2D eigenvalue weighted by Crippen LogP contribution is 2.37. The van der Waals surface area contributed by atoms with Gasteiger partial charge in [0.25, 0.3) is 27.2 Å². The minimum absolute atomic E-state index is 0.0687. The molecule has 0 fully saturated rings. The van der Waals surface area contributed by atoms with Crippen molar-refractivity contribution in [2.45, 2.75) is 161 Å². The van der Waals surface area contributed by atoms with E-state index in [1.54, 1.807) is 45.0 Å². The number of hydrogen-bond donors (Lipinski definition) is 4. The van der Waals surface area contributed by atoms with Gasteiger partial charge in [0.05, 0.1) is 27.3 Å². The molecule has 0 atom stereocenters. The summed E-state index contributed by atoms with van der Waals surface area (Å²) in [4.78, 5) is 43.1. The van der Waals surface area contributed by atoms with Crippen LogP contribution in [-0.4, -0.2) is 65.0 Å². The summed E-state index contributed by atoms with van der Waals surface area (Å²) >= 11 is 0. The molecular weight excluding hydrogens is 1090 g/mol. The van der Waals surface area contributed by atoms with Crippen LogP contribution in [0.1, 0.15) is 166 Å². The molecule has 0 spiro atoms. The Morgan fingerprint density at radius 2 is 1.38 bits per heavy atom. The Balaban J connectivity index is 0.952. The van der Waals surface area contributed by atoms with E-state index in [1.165, 1.54) is 117 Å². The molecule has 24 heteroatoms. The van der Waals surface area contributed by atoms with Gasteiger partial charge in [-0.25, -0.2) is 26.2 Å². The molecule has 4 aromatic carbocycles. The topological polar surface area (TPSA) is 280 Å². The predicted molar refractivity (Wildman–Crippen MR) is 314 cm³/mol. The Kier molecular flexibility index (Phi) is 20.3. The van der Waals surface area contributed by atoms with Crippen molar-refractivity contribution in [2.75, 3.05) is 22.2 Å². The number of benzene rings is 4. The summed E-state index contributed by atoms with van der Waals surface area (Å²) in [7, 11) is -7.82. The average molecular weight is 1170 g/mol. The maximum Gasteiger partial charge on any atom is 0.297 e. The number of sulfonamides is 2. The van der Waals surface area contributed by atoms with Gasteiger partial charge in [-0.2, -0.15) is 4.63 Å². The molecule has 0 saturated heterocycles. The number of ether oxygens (including phenoxy) is 1. The molecule has 0 aliphatic rings. The number of carbonyl (C=O) groups is 1. The number of unbranched alkanes of at least 4 members (excludes halogenated alkanes) is 13. The van der Waals surface area contributed by atoms with Gasteiger partial charge in [-0.15, -0.1) is 20.1 Å². The van der Waals surface area contributed by atoms with E-state index < -0.39 is 63.7 Å². The minimum atomic E-state index is -4.34. The molecule has 0 aliphatic carbocycles. The highest BCUT2D eigenvalue weighted by molar-refractivity contribution is 7.92. The Hall–Kier alpha value is -7.73. The number of nitro benzene ring substituents is 1. The molecule has 0 aliphatic heterocycles. The first-order valence-electron chi connectivity index (χ1n) is 27.7. The van der Waals surface area contributed by atoms with Gasteiger partial charge in [-0.1, -0.05) is 132 Å². The summed E-state index contributed by atoms with van der Waals surface area (Å²) in [6.45, 7) is 13.5. The average Bonchev–Trinajstić information content (AvgIpc) is 3.07. The van der Waals surface area contributed by atoms with Crippen LogP contribution in [0.4, 0.5) is 32.8 Å². The van der Waals surface area contributed by atoms with E-state index in [1.807, 2.05) is 20.8 Å². The largest absolute Gasteiger partial charge is 0.489 e. The van der Waals surface area contributed by atoms with Crippen LogP contribution in [0.2, 0.25) is 0 Å². The zero-order chi connectivity index (χ0) is 59.4. The maximum absolute atomic E-state index is 15.7. The van der Waals surface area contributed by atoms with Gasteiger partial charge in [0.1, 0.15) is 18.0 Å². The van der Waals surface area contributed by atoms with Crippen LogP contribution in [0.25, 0.3) is 22.7 Å². The van der Waals surface area contributed by atoms with E-state index >= 15 is 4.39 Å². The van der Waals surface area contributed by atoms with Crippen LogP contribution in [0, 0.1) is 15.9 Å². The SMILES string of the molecule is CCCCCCCCCCCCCCCCNC(=O)c1ccc(-n2oc(C(C)(C)C)c(COc3ccc(NS(=O)(=O)c4ccc(N=Nc5c(C(C)(C)C)[nH]n6nc(-c7ccc(NS(C)(=O)=O)cc7)nc56)c(F)c4)cc3)c2=O)c([N+](=O)[O-])c1. The summed E-state index contributed by atoms with van der Waals surface area (Å²) in [6, 6.07) is 19.2. The molecule has 1 amide bonds. The quantitative estimate of drug-likeness (QED) is 0.0147. The molecule has 7 rings (SSSR count). The molecule has 0 saturated carbocycles. The van der Waals surface area contributed by atoms with Gasteiger partial charge in [-0.3, -0.25) is 34.2 Å². The maximum atomic E-state index is 15.7. The van der Waals surface area contributed by atoms with E-state index in [0.29, 0.717) is 29.3 Å². The number of nitrogens with zero attached hydrogens (tertiary/aromatic N) is 7. The Morgan fingerprint density at radius 1 is 0.780 bits per heavy atom. The number of azo groups is 1. The summed E-state index contributed by atoms with van der Waals surface area (Å²) in [5.41, 5.74) is -0.584. The Morgan fingerprint density at radius 3 is 1.95 bits per heavy atom. The Bertz CT molecular complexity index is 3670. The second-order valence-corrected chi connectivity index (χ2v) is 25.9. The zero-order valence-corrected chi connectivity index (χ0v) is 49.4. The summed E-state index contributed by atoms with van der Waals surface area (Å²) in [5.74, 6) is -0.701. The van der Waals surface area contributed by atoms with Crippen molar-refractivity contribution < 1.29 is 40.2 Å². The number of anilines is 2. The molecule has 7 aromatic rings. The summed E-state index contributed by atoms with van der Waals surface area (Å²) in [5, 5.41) is 31.4. The van der Waals surface area contributed by atoms with Crippen molar-refractivity contribution in [2.24, 2.45) is 10.2 Å². The molecule has 3 aromatic heterocycles. The van der Waals surface area contributed by atoms with Crippen LogP contribution < -0.4 is 25.1 Å². The highest BCUT2D eigenvalue weighted by Gasteiger charge is 2.32. The molecule has 0 unspecified atom stereocenters. The first-order valence-corrected chi connectivity index (χ1v) is 31.1. The van der Waals surface area contributed by atoms with Crippen LogP contribution in [0.15, 0.2) is 109 Å². The molecule has 3 heterocycles. The molecule has 0 radical (unpaired) electrons. The number of fused-ring (bicyclic) bond motifs is 1. The van der Waals surface area contributed by atoms with E-state index in [0.717, 1.165) is 48.8 Å². The molecule has 82 heavy (non-hydrogen) atoms. The van der Waals surface area contributed by atoms with Crippen molar-refractivity contribution in [3.8, 4) is 22.8 Å². The number of halogens is 1. The van der Waals surface area contributed by atoms with E-state index in [-0.39, 0.29) is 57.6 Å². The van der Waals surface area contributed by atoms with E-state index in [9.17, 15) is 36.5 Å². The lowest BCUT2D eigenvalue weighted by molar-refractivity contribution is -0.384. The normalized spacial score (nSPS) is 12.4. The smallest absolute Gasteiger partial charge is 0.297 e. The van der Waals surface area contributed by atoms with Gasteiger partial charge >= 0.3 is 0 Å². The first-order chi connectivity index (χ1) is 38.8. The van der Waals surface area contributed by atoms with Crippen molar-refractivity contribution >= 4 is 60.0 Å². The van der Waals surface area contributed by atoms with Crippen LogP contribution in [-0.2, 0) is 37.5 Å². The fourth-order valence-electron chi connectivity index (χ4n) is 9.17. The molecule has 4 N–H and O–H groups in total. The predicted octanol–water partition coefficient (Wildman–Crippen LogP) is 13.5. The number of carbonyl (C=O) groups excluding carboxylic acids is 1. The van der Waals surface area contributed by atoms with Gasteiger partial charge in [0, 0.05) is 45.9 Å². The lowest BCUT2D eigenvalue weighted by atomic mass is 9.91. The third-order valence-electron chi connectivity index (χ3n) is 13.5. The van der Waals surface area contributed by atoms with E-state index in [4.69, 9.17) is 9.26 Å². The third-order valence-corrected chi connectivity index (χ3v) is 15.5. The lowest BCUT2D eigenvalue weighted by Gasteiger charge is -2.16. The number of H-pyrrole nitrogens is 1. The fraction of sp³-hybridized carbons (Fsp3) is 0.448. The minimum Gasteiger partial charge on any atom is -0.489 e. The van der Waals surface area contributed by atoms with Crippen molar-refractivity contribution in [3.63, 3.8) is 0 Å². The van der Waals surface area contributed by atoms with Gasteiger partial charge in [-0.05, 0) is 85.3 Å². The number of nitro groups is 1. The monoisotopic (exact) mass is 1170 g/mol. The Labute approximate surface area is 477 Å². The van der Waals surface area contributed by atoms with Crippen LogP contribution in [0.5, 0.6) is 5.75 Å². The molecule has 0 bridgehead atoms. The van der Waals surface area contributed by atoms with Gasteiger partial charge in [0.2, 0.25) is 15.7 Å². The number of rotatable bonds is 29. The first kappa shape index (κ1) is 61.9. The lowest BCUT2D eigenvalue weighted by Crippen LogP contribution is -2.25. The van der Waals surface area contributed by atoms with Crippen molar-refractivity contribution in [1.29, 1.82) is 0 Å². The standard InChI is InChI=1S/C58H74FN11O10S2/c1-9-10-11-12-13-14-15-16-17-18-19-20-21-22-35-60-55(71)40-25-34-48(49(36-40)70(73)74)68-56(72)45(52(80-68)58(5,6)7)38-79-43-30-28-42(29-31-43)67-82(77,78)44-32-33-47(46(59)37-44)62-63-50-51(57(2,3)4)64-69-54(50)61-53(65-69)39-23-26-41(27-24-39)66-81(8,75)76/h23-34,36-37,64,66-67H,9-22,35,38H2,1-8H3,(H,60,71). The molecule has 21 nitrogen and oxygen atoms in total. The summed E-state index contributed by atoms with van der Waals surface area (Å²) in [6.07, 6.45) is 18.0. The fourth-order valence-corrected chi connectivity index (χ4v) is 10.8. The second kappa shape index (κ2) is 26.9. The van der Waals surface area contributed by atoms with Gasteiger partial charge < -0.3 is 14.6 Å². The zero-order valence-electron chi connectivity index (χ0n) is 47.8. The highest BCUT2D eigenvalue weighted by atomic mass is 32.2. The molecule has 440 valence electrons. The van der Waals surface area contributed by atoms with Crippen LogP contribution in [0.3, 0.4) is 0 Å². The summed E-state index contributed by atoms with van der Waals surface area (Å²) < 4.78 is 85.1. The van der Waals surface area contributed by atoms with Crippen molar-refractivity contribution in [3.05, 3.63) is 134 Å². The number of aromatic nitrogens is 5. The molecular formula is C58H74FN11O10S2. The van der Waals surface area contributed by atoms with Crippen LogP contribution >= 0.6 is 0 Å². The third kappa shape index (κ3) is 16.5. The van der Waals surface area contributed by atoms with Gasteiger partial charge in [0.15, 0.2) is 28.8 Å². The van der Waals surface area contributed by atoms with Crippen molar-refractivity contribution in [1.82, 2.24) is 29.9 Å².